The Kier molecular flexibility index (Phi) is 10.2. The lowest BCUT2D eigenvalue weighted by Crippen LogP contribution is -2.14. The van der Waals surface area contributed by atoms with E-state index in [9.17, 15) is 0 Å². The van der Waals surface area contributed by atoms with E-state index in [1.54, 1.807) is 0 Å². The van der Waals surface area contributed by atoms with Crippen molar-refractivity contribution in [2.24, 2.45) is 0 Å². The highest BCUT2D eigenvalue weighted by Gasteiger charge is 2.29. The number of nitrogens with zero attached hydrogens (tertiary/aromatic N) is 2. The molecule has 0 aliphatic heterocycles. The Labute approximate surface area is 390 Å². The normalized spacial score (nSPS) is 11.3. The van der Waals surface area contributed by atoms with E-state index in [2.05, 4.69) is 277 Å². The Bertz CT molecular complexity index is 3460. The topological polar surface area (TPSA) is 19.6 Å². The summed E-state index contributed by atoms with van der Waals surface area (Å²) in [6.45, 7) is 0. The molecule has 0 saturated heterocycles. The van der Waals surface area contributed by atoms with Gasteiger partial charge in [0.25, 0.3) is 0 Å². The van der Waals surface area contributed by atoms with Gasteiger partial charge in [0.1, 0.15) is 5.58 Å². The third kappa shape index (κ3) is 7.39. The predicted molar refractivity (Wildman–Crippen MR) is 282 cm³/mol. The molecule has 0 fully saturated rings. The maximum atomic E-state index is 7.25. The van der Waals surface area contributed by atoms with Crippen molar-refractivity contribution >= 4 is 66.8 Å². The van der Waals surface area contributed by atoms with Crippen molar-refractivity contribution in [1.82, 2.24) is 0 Å². The summed E-state index contributed by atoms with van der Waals surface area (Å²) in [5.41, 5.74) is 17.2. The number of rotatable bonds is 10. The van der Waals surface area contributed by atoms with Gasteiger partial charge in [0, 0.05) is 38.9 Å². The lowest BCUT2D eigenvalue weighted by atomic mass is 9.96. The summed E-state index contributed by atoms with van der Waals surface area (Å²) in [7, 11) is 0. The molecule has 12 rings (SSSR count). The molecule has 11 aromatic carbocycles. The van der Waals surface area contributed by atoms with E-state index in [1.807, 2.05) is 0 Å². The molecule has 0 aliphatic carbocycles. The number of para-hydroxylation sites is 1. The Hall–Kier alpha value is -8.92. The molecule has 67 heavy (non-hydrogen) atoms. The van der Waals surface area contributed by atoms with Gasteiger partial charge in [-0.1, -0.05) is 212 Å². The van der Waals surface area contributed by atoms with Crippen LogP contribution in [0.1, 0.15) is 0 Å². The Morgan fingerprint density at radius 1 is 0.224 bits per heavy atom. The molecular weight excluding hydrogens is 813 g/mol. The summed E-state index contributed by atoms with van der Waals surface area (Å²) in [6, 6.07) is 95.4. The first kappa shape index (κ1) is 39.7. The molecule has 0 radical (unpaired) electrons. The lowest BCUT2D eigenvalue weighted by molar-refractivity contribution is 0.669. The van der Waals surface area contributed by atoms with Crippen LogP contribution in [0, 0.1) is 0 Å². The number of fused-ring (bicyclic) bond motifs is 4. The first-order valence-electron chi connectivity index (χ1n) is 22.8. The fourth-order valence-electron chi connectivity index (χ4n) is 9.60. The lowest BCUT2D eigenvalue weighted by Gasteiger charge is -2.31. The second-order valence-electron chi connectivity index (χ2n) is 16.9. The van der Waals surface area contributed by atoms with E-state index in [0.29, 0.717) is 0 Å². The van der Waals surface area contributed by atoms with Crippen molar-refractivity contribution in [2.75, 3.05) is 9.80 Å². The molecule has 316 valence electrons. The standard InChI is InChI=1S/C64H44N2O/c1-5-17-45(18-6-1)49-29-37-53(38-30-49)65(54-39-31-50(32-40-54)46-19-7-2-8-20-46)62-57-25-13-14-26-58(57)63(64-61(62)59-27-15-16-28-60(59)67-64)66(55-41-33-51(34-42-55)47-21-9-3-10-22-47)56-43-35-52(36-44-56)48-23-11-4-12-24-48/h1-44H. The van der Waals surface area contributed by atoms with Gasteiger partial charge in [-0.2, -0.15) is 0 Å². The zero-order valence-corrected chi connectivity index (χ0v) is 36.7. The smallest absolute Gasteiger partial charge is 0.162 e. The van der Waals surface area contributed by atoms with Crippen LogP contribution < -0.4 is 9.80 Å². The fraction of sp³-hybridized carbons (Fsp3) is 0. The van der Waals surface area contributed by atoms with E-state index >= 15 is 0 Å². The highest BCUT2D eigenvalue weighted by atomic mass is 16.3. The van der Waals surface area contributed by atoms with Crippen molar-refractivity contribution in [3.05, 3.63) is 267 Å². The molecule has 0 saturated carbocycles. The van der Waals surface area contributed by atoms with Crippen LogP contribution in [-0.4, -0.2) is 0 Å². The molecule has 0 bridgehead atoms. The van der Waals surface area contributed by atoms with Crippen LogP contribution in [0.4, 0.5) is 34.1 Å². The van der Waals surface area contributed by atoms with Crippen LogP contribution in [0.3, 0.4) is 0 Å². The average Bonchev–Trinajstić information content (AvgIpc) is 3.80. The Morgan fingerprint density at radius 2 is 0.493 bits per heavy atom. The van der Waals surface area contributed by atoms with Gasteiger partial charge in [-0.05, 0) is 99.1 Å². The first-order valence-corrected chi connectivity index (χ1v) is 22.8. The highest BCUT2D eigenvalue weighted by Crippen LogP contribution is 2.54. The van der Waals surface area contributed by atoms with Crippen molar-refractivity contribution < 1.29 is 4.42 Å². The van der Waals surface area contributed by atoms with Gasteiger partial charge in [-0.15, -0.1) is 0 Å². The zero-order valence-electron chi connectivity index (χ0n) is 36.7. The SMILES string of the molecule is c1ccc(-c2ccc(N(c3ccc(-c4ccccc4)cc3)c3c4ccccc4c(N(c4ccc(-c5ccccc5)cc4)c4ccc(-c5ccccc5)cc4)c4c3oc3ccccc34)cc2)cc1. The van der Waals surface area contributed by atoms with Gasteiger partial charge < -0.3 is 14.2 Å². The summed E-state index contributed by atoms with van der Waals surface area (Å²) in [5, 5.41) is 4.25. The molecule has 12 aromatic rings. The van der Waals surface area contributed by atoms with Crippen LogP contribution >= 0.6 is 0 Å². The largest absolute Gasteiger partial charge is 0.454 e. The maximum Gasteiger partial charge on any atom is 0.162 e. The second-order valence-corrected chi connectivity index (χ2v) is 16.9. The first-order chi connectivity index (χ1) is 33.2. The van der Waals surface area contributed by atoms with Crippen molar-refractivity contribution in [2.45, 2.75) is 0 Å². The third-order valence-corrected chi connectivity index (χ3v) is 12.9. The number of benzene rings is 11. The summed E-state index contributed by atoms with van der Waals surface area (Å²) in [4.78, 5) is 4.81. The molecule has 3 nitrogen and oxygen atoms in total. The summed E-state index contributed by atoms with van der Waals surface area (Å²) < 4.78 is 7.25. The predicted octanol–water partition coefficient (Wildman–Crippen LogP) is 18.3. The number of anilines is 6. The summed E-state index contributed by atoms with van der Waals surface area (Å²) in [6.07, 6.45) is 0. The van der Waals surface area contributed by atoms with Gasteiger partial charge in [-0.3, -0.25) is 0 Å². The average molecular weight is 857 g/mol. The molecule has 1 aromatic heterocycles. The second kappa shape index (κ2) is 17.2. The summed E-state index contributed by atoms with van der Waals surface area (Å²) >= 11 is 0. The number of hydrogen-bond donors (Lipinski definition) is 0. The highest BCUT2D eigenvalue weighted by molar-refractivity contribution is 6.28. The molecular formula is C64H44N2O. The quantitative estimate of drug-likeness (QED) is 0.128. The van der Waals surface area contributed by atoms with Gasteiger partial charge in [-0.25, -0.2) is 0 Å². The van der Waals surface area contributed by atoms with E-state index in [-0.39, 0.29) is 0 Å². The van der Waals surface area contributed by atoms with Crippen LogP contribution in [-0.2, 0) is 0 Å². The Balaban J connectivity index is 1.13. The van der Waals surface area contributed by atoms with Crippen LogP contribution in [0.2, 0.25) is 0 Å². The van der Waals surface area contributed by atoms with E-state index < -0.39 is 0 Å². The molecule has 0 unspecified atom stereocenters. The van der Waals surface area contributed by atoms with Gasteiger partial charge in [0.2, 0.25) is 0 Å². The molecule has 0 atom stereocenters. The monoisotopic (exact) mass is 856 g/mol. The van der Waals surface area contributed by atoms with Crippen molar-refractivity contribution in [1.29, 1.82) is 0 Å². The van der Waals surface area contributed by atoms with Crippen LogP contribution in [0.5, 0.6) is 0 Å². The van der Waals surface area contributed by atoms with Crippen LogP contribution in [0.15, 0.2) is 271 Å². The van der Waals surface area contributed by atoms with Crippen LogP contribution in [0.25, 0.3) is 77.2 Å². The third-order valence-electron chi connectivity index (χ3n) is 12.9. The molecule has 1 heterocycles. The fourth-order valence-corrected chi connectivity index (χ4v) is 9.60. The van der Waals surface area contributed by atoms with Gasteiger partial charge >= 0.3 is 0 Å². The molecule has 0 amide bonds. The van der Waals surface area contributed by atoms with Gasteiger partial charge in [0.05, 0.1) is 16.8 Å². The minimum Gasteiger partial charge on any atom is -0.454 e. The minimum atomic E-state index is 0.806. The van der Waals surface area contributed by atoms with Crippen molar-refractivity contribution in [3.63, 3.8) is 0 Å². The Morgan fingerprint density at radius 3 is 0.851 bits per heavy atom. The zero-order chi connectivity index (χ0) is 44.5. The molecule has 0 N–H and O–H groups in total. The number of furan rings is 1. The van der Waals surface area contributed by atoms with E-state index in [1.165, 1.54) is 22.3 Å². The molecule has 0 aliphatic rings. The maximum absolute atomic E-state index is 7.25. The number of hydrogen-bond acceptors (Lipinski definition) is 3. The van der Waals surface area contributed by atoms with E-state index in [4.69, 9.17) is 4.42 Å². The van der Waals surface area contributed by atoms with Gasteiger partial charge in [0.15, 0.2) is 5.58 Å². The molecule has 0 spiro atoms. The summed E-state index contributed by atoms with van der Waals surface area (Å²) in [5.74, 6) is 0. The molecule has 3 heteroatoms. The van der Waals surface area contributed by atoms with Crippen molar-refractivity contribution in [3.8, 4) is 44.5 Å². The van der Waals surface area contributed by atoms with E-state index in [0.717, 1.165) is 89.1 Å². The minimum absolute atomic E-state index is 0.806.